The Kier molecular flexibility index (Phi) is 4.59. The van der Waals surface area contributed by atoms with Crippen LogP contribution in [0.2, 0.25) is 5.02 Å². The van der Waals surface area contributed by atoms with Gasteiger partial charge in [-0.15, -0.1) is 0 Å². The van der Waals surface area contributed by atoms with Crippen molar-refractivity contribution in [3.05, 3.63) is 23.4 Å². The first-order valence-corrected chi connectivity index (χ1v) is 6.39. The largest absolute Gasteiger partial charge is 0.395 e. The first kappa shape index (κ1) is 12.6. The molecule has 0 amide bonds. The van der Waals surface area contributed by atoms with Gasteiger partial charge in [0.1, 0.15) is 5.82 Å². The quantitative estimate of drug-likeness (QED) is 0.832. The van der Waals surface area contributed by atoms with E-state index in [0.717, 1.165) is 18.9 Å². The van der Waals surface area contributed by atoms with Crippen LogP contribution in [0.4, 0.5) is 5.82 Å². The number of nitrogens with zero attached hydrogens (tertiary/aromatic N) is 2. The van der Waals surface area contributed by atoms with E-state index < -0.39 is 0 Å². The van der Waals surface area contributed by atoms with Crippen molar-refractivity contribution < 1.29 is 5.11 Å². The van der Waals surface area contributed by atoms with Crippen LogP contribution in [0.15, 0.2) is 18.3 Å². The summed E-state index contributed by atoms with van der Waals surface area (Å²) < 4.78 is 0. The van der Waals surface area contributed by atoms with Crippen LogP contribution in [0, 0.1) is 0 Å². The lowest BCUT2D eigenvalue weighted by Gasteiger charge is -2.26. The fraction of sp³-hybridized carbons (Fsp3) is 0.583. The molecule has 1 unspecified atom stereocenters. The van der Waals surface area contributed by atoms with Crippen molar-refractivity contribution in [1.29, 1.82) is 0 Å². The fourth-order valence-corrected chi connectivity index (χ4v) is 2.43. The van der Waals surface area contributed by atoms with Gasteiger partial charge in [0.15, 0.2) is 0 Å². The Morgan fingerprint density at radius 3 is 3.12 bits per heavy atom. The fourth-order valence-electron chi connectivity index (χ4n) is 2.19. The number of rotatable bonds is 5. The molecule has 2 N–H and O–H groups in total. The number of pyridine rings is 1. The summed E-state index contributed by atoms with van der Waals surface area (Å²) in [7, 11) is 0. The molecule has 94 valence electrons. The van der Waals surface area contributed by atoms with E-state index in [9.17, 15) is 0 Å². The Labute approximate surface area is 107 Å². The van der Waals surface area contributed by atoms with Crippen LogP contribution in [0.5, 0.6) is 0 Å². The highest BCUT2D eigenvalue weighted by molar-refractivity contribution is 6.32. The molecule has 1 atom stereocenters. The molecular formula is C12H18ClN3O. The molecule has 1 aliphatic heterocycles. The van der Waals surface area contributed by atoms with Gasteiger partial charge in [-0.05, 0) is 31.5 Å². The van der Waals surface area contributed by atoms with E-state index in [1.54, 1.807) is 6.20 Å². The zero-order chi connectivity index (χ0) is 12.1. The Balaban J connectivity index is 2.08. The van der Waals surface area contributed by atoms with E-state index in [1.807, 2.05) is 17.0 Å². The van der Waals surface area contributed by atoms with Crippen LogP contribution in [0.25, 0.3) is 0 Å². The number of halogens is 1. The first-order chi connectivity index (χ1) is 8.31. The van der Waals surface area contributed by atoms with Crippen molar-refractivity contribution in [3.8, 4) is 0 Å². The third-order valence-corrected chi connectivity index (χ3v) is 3.31. The van der Waals surface area contributed by atoms with E-state index in [-0.39, 0.29) is 6.61 Å². The Morgan fingerprint density at radius 2 is 2.47 bits per heavy atom. The number of aliphatic hydroxyl groups is 1. The first-order valence-electron chi connectivity index (χ1n) is 6.01. The molecular weight excluding hydrogens is 238 g/mol. The second-order valence-electron chi connectivity index (χ2n) is 4.27. The standard InChI is InChI=1S/C12H18ClN3O/c13-11-4-2-6-15-12(11)16(7-8-17)9-10-3-1-5-14-10/h2,4,6,10,14,17H,1,3,5,7-9H2. The SMILES string of the molecule is OCCN(CC1CCCN1)c1ncccc1Cl. The number of anilines is 1. The van der Waals surface area contributed by atoms with Gasteiger partial charge in [-0.3, -0.25) is 0 Å². The molecule has 0 aromatic carbocycles. The third kappa shape index (κ3) is 3.31. The van der Waals surface area contributed by atoms with Crippen LogP contribution < -0.4 is 10.2 Å². The third-order valence-electron chi connectivity index (χ3n) is 3.01. The van der Waals surface area contributed by atoms with Gasteiger partial charge in [0, 0.05) is 25.3 Å². The van der Waals surface area contributed by atoms with Gasteiger partial charge < -0.3 is 15.3 Å². The molecule has 0 radical (unpaired) electrons. The number of nitrogens with one attached hydrogen (secondary N) is 1. The summed E-state index contributed by atoms with van der Waals surface area (Å²) in [5.74, 6) is 0.761. The molecule has 2 heterocycles. The second kappa shape index (κ2) is 6.19. The van der Waals surface area contributed by atoms with E-state index in [4.69, 9.17) is 16.7 Å². The summed E-state index contributed by atoms with van der Waals surface area (Å²) in [5.41, 5.74) is 0. The lowest BCUT2D eigenvalue weighted by molar-refractivity contribution is 0.300. The highest BCUT2D eigenvalue weighted by Crippen LogP contribution is 2.23. The van der Waals surface area contributed by atoms with Crippen molar-refractivity contribution in [2.24, 2.45) is 0 Å². The molecule has 4 nitrogen and oxygen atoms in total. The van der Waals surface area contributed by atoms with Gasteiger partial charge in [0.25, 0.3) is 0 Å². The van der Waals surface area contributed by atoms with Crippen molar-refractivity contribution in [3.63, 3.8) is 0 Å². The number of hydrogen-bond acceptors (Lipinski definition) is 4. The number of aromatic nitrogens is 1. The average molecular weight is 256 g/mol. The van der Waals surface area contributed by atoms with Crippen LogP contribution in [0.3, 0.4) is 0 Å². The van der Waals surface area contributed by atoms with Gasteiger partial charge in [0.2, 0.25) is 0 Å². The highest BCUT2D eigenvalue weighted by Gasteiger charge is 2.19. The highest BCUT2D eigenvalue weighted by atomic mass is 35.5. The summed E-state index contributed by atoms with van der Waals surface area (Å²) in [6.07, 6.45) is 4.12. The molecule has 1 fully saturated rings. The maximum atomic E-state index is 9.13. The minimum absolute atomic E-state index is 0.111. The molecule has 2 rings (SSSR count). The molecule has 0 aliphatic carbocycles. The van der Waals surface area contributed by atoms with E-state index in [2.05, 4.69) is 10.3 Å². The molecule has 1 aliphatic rings. The molecule has 1 aromatic rings. The topological polar surface area (TPSA) is 48.4 Å². The van der Waals surface area contributed by atoms with Crippen molar-refractivity contribution in [2.45, 2.75) is 18.9 Å². The molecule has 1 aromatic heterocycles. The van der Waals surface area contributed by atoms with Gasteiger partial charge in [-0.2, -0.15) is 0 Å². The molecule has 5 heteroatoms. The molecule has 0 saturated carbocycles. The Bertz CT molecular complexity index is 355. The van der Waals surface area contributed by atoms with Gasteiger partial charge in [0.05, 0.1) is 11.6 Å². The minimum atomic E-state index is 0.111. The summed E-state index contributed by atoms with van der Waals surface area (Å²) in [4.78, 5) is 6.34. The normalized spacial score (nSPS) is 19.5. The zero-order valence-electron chi connectivity index (χ0n) is 9.77. The van der Waals surface area contributed by atoms with Crippen LogP contribution in [0.1, 0.15) is 12.8 Å². The lowest BCUT2D eigenvalue weighted by atomic mass is 10.2. The molecule has 0 bridgehead atoms. The number of hydrogen-bond donors (Lipinski definition) is 2. The lowest BCUT2D eigenvalue weighted by Crippen LogP contribution is -2.39. The second-order valence-corrected chi connectivity index (χ2v) is 4.68. The van der Waals surface area contributed by atoms with Crippen molar-refractivity contribution in [2.75, 3.05) is 31.1 Å². The zero-order valence-corrected chi connectivity index (χ0v) is 10.5. The Hall–Kier alpha value is -0.840. The van der Waals surface area contributed by atoms with Gasteiger partial charge >= 0.3 is 0 Å². The van der Waals surface area contributed by atoms with E-state index in [0.29, 0.717) is 17.6 Å². The van der Waals surface area contributed by atoms with Crippen LogP contribution in [-0.4, -0.2) is 42.4 Å². The average Bonchev–Trinajstić information content (AvgIpc) is 2.82. The minimum Gasteiger partial charge on any atom is -0.395 e. The van der Waals surface area contributed by atoms with Crippen LogP contribution in [-0.2, 0) is 0 Å². The summed E-state index contributed by atoms with van der Waals surface area (Å²) in [5, 5.41) is 13.2. The van der Waals surface area contributed by atoms with Crippen molar-refractivity contribution in [1.82, 2.24) is 10.3 Å². The van der Waals surface area contributed by atoms with Crippen LogP contribution >= 0.6 is 11.6 Å². The van der Waals surface area contributed by atoms with Gasteiger partial charge in [-0.25, -0.2) is 4.98 Å². The smallest absolute Gasteiger partial charge is 0.147 e. The maximum Gasteiger partial charge on any atom is 0.147 e. The molecule has 1 saturated heterocycles. The predicted molar refractivity (Wildman–Crippen MR) is 69.6 cm³/mol. The Morgan fingerprint density at radius 1 is 1.59 bits per heavy atom. The maximum absolute atomic E-state index is 9.13. The molecule has 17 heavy (non-hydrogen) atoms. The summed E-state index contributed by atoms with van der Waals surface area (Å²) in [6, 6.07) is 4.12. The van der Waals surface area contributed by atoms with E-state index >= 15 is 0 Å². The number of aliphatic hydroxyl groups excluding tert-OH is 1. The predicted octanol–water partition coefficient (Wildman–Crippen LogP) is 1.29. The van der Waals surface area contributed by atoms with E-state index in [1.165, 1.54) is 12.8 Å². The van der Waals surface area contributed by atoms with Crippen molar-refractivity contribution >= 4 is 17.4 Å². The van der Waals surface area contributed by atoms with Gasteiger partial charge in [-0.1, -0.05) is 11.6 Å². The monoisotopic (exact) mass is 255 g/mol. The summed E-state index contributed by atoms with van der Waals surface area (Å²) in [6.45, 7) is 2.60. The summed E-state index contributed by atoms with van der Waals surface area (Å²) >= 11 is 6.13. The molecule has 0 spiro atoms.